The molecule has 0 aliphatic heterocycles. The van der Waals surface area contributed by atoms with Gasteiger partial charge in [0.1, 0.15) is 6.61 Å². The highest BCUT2D eigenvalue weighted by molar-refractivity contribution is 4.52. The molecule has 0 aromatic heterocycles. The summed E-state index contributed by atoms with van der Waals surface area (Å²) in [4.78, 5) is 0. The molecule has 0 fully saturated rings. The van der Waals surface area contributed by atoms with Crippen molar-refractivity contribution in [2.75, 3.05) is 6.61 Å². The van der Waals surface area contributed by atoms with Crippen LogP contribution in [0.15, 0.2) is 0 Å². The Balaban J connectivity index is 3.04. The van der Waals surface area contributed by atoms with E-state index < -0.39 is 12.8 Å². The number of hydrogen-bond acceptors (Lipinski definition) is 1. The summed E-state index contributed by atoms with van der Waals surface area (Å²) >= 11 is 0. The maximum Gasteiger partial charge on any atom is 0.411 e. The van der Waals surface area contributed by atoms with Crippen LogP contribution in [0.2, 0.25) is 0 Å². The monoisotopic (exact) mass is 155 g/mol. The number of hydrogen-bond donors (Lipinski definition) is 0. The van der Waals surface area contributed by atoms with Gasteiger partial charge in [0, 0.05) is 0 Å². The summed E-state index contributed by atoms with van der Waals surface area (Å²) in [5, 5.41) is 0. The first-order valence-corrected chi connectivity index (χ1v) is 3.06. The lowest BCUT2D eigenvalue weighted by Crippen LogP contribution is -2.15. The highest BCUT2D eigenvalue weighted by Crippen LogP contribution is 2.15. The molecule has 0 spiro atoms. The molecule has 0 bridgehead atoms. The molecule has 0 aromatic rings. The molecule has 0 atom stereocenters. The Kier molecular flexibility index (Phi) is 4.43. The molecule has 0 rings (SSSR count). The molecule has 4 heteroatoms. The molecule has 10 heavy (non-hydrogen) atoms. The van der Waals surface area contributed by atoms with Crippen molar-refractivity contribution in [3.8, 4) is 0 Å². The van der Waals surface area contributed by atoms with Crippen molar-refractivity contribution < 1.29 is 17.9 Å². The zero-order valence-corrected chi connectivity index (χ0v) is 5.74. The van der Waals surface area contributed by atoms with Crippen LogP contribution in [0.25, 0.3) is 0 Å². The fourth-order valence-electron chi connectivity index (χ4n) is 0.355. The van der Waals surface area contributed by atoms with Crippen LogP contribution in [-0.4, -0.2) is 12.8 Å². The largest absolute Gasteiger partial charge is 0.411 e. The van der Waals surface area contributed by atoms with E-state index in [2.05, 4.69) is 4.74 Å². The van der Waals surface area contributed by atoms with E-state index in [-0.39, 0.29) is 0 Å². The molecule has 0 heterocycles. The van der Waals surface area contributed by atoms with Crippen molar-refractivity contribution in [1.29, 1.82) is 0 Å². The van der Waals surface area contributed by atoms with Crippen LogP contribution in [-0.2, 0) is 4.74 Å². The molecular weight excluding hydrogens is 145 g/mol. The van der Waals surface area contributed by atoms with Gasteiger partial charge < -0.3 is 4.74 Å². The van der Waals surface area contributed by atoms with Gasteiger partial charge in [0.05, 0.1) is 6.61 Å². The van der Waals surface area contributed by atoms with E-state index >= 15 is 0 Å². The number of ether oxygens (including phenoxy) is 1. The van der Waals surface area contributed by atoms with Crippen LogP contribution in [0.5, 0.6) is 0 Å². The smallest absolute Gasteiger partial charge is 0.366 e. The fraction of sp³-hybridized carbons (Fsp3) is 0.833. The van der Waals surface area contributed by atoms with Gasteiger partial charge in [-0.2, -0.15) is 13.2 Å². The molecule has 1 nitrogen and oxygen atoms in total. The van der Waals surface area contributed by atoms with Crippen molar-refractivity contribution >= 4 is 0 Å². The maximum atomic E-state index is 11.3. The first kappa shape index (κ1) is 9.75. The van der Waals surface area contributed by atoms with Crippen LogP contribution < -0.4 is 0 Å². The topological polar surface area (TPSA) is 9.23 Å². The van der Waals surface area contributed by atoms with Gasteiger partial charge >= 0.3 is 6.18 Å². The van der Waals surface area contributed by atoms with Gasteiger partial charge in [-0.25, -0.2) is 0 Å². The Morgan fingerprint density at radius 2 is 2.00 bits per heavy atom. The SMILES string of the molecule is CCC[CH]OCC(F)(F)F. The van der Waals surface area contributed by atoms with Gasteiger partial charge in [0.25, 0.3) is 0 Å². The van der Waals surface area contributed by atoms with Crippen molar-refractivity contribution in [3.05, 3.63) is 6.61 Å². The lowest BCUT2D eigenvalue weighted by atomic mass is 10.4. The Morgan fingerprint density at radius 3 is 2.40 bits per heavy atom. The summed E-state index contributed by atoms with van der Waals surface area (Å²) < 4.78 is 38.2. The minimum atomic E-state index is -4.20. The fourth-order valence-corrected chi connectivity index (χ4v) is 0.355. The standard InChI is InChI=1S/C6H10F3O/c1-2-3-4-10-5-6(7,8)9/h4H,2-3,5H2,1H3. The van der Waals surface area contributed by atoms with E-state index in [1.807, 2.05) is 6.92 Å². The van der Waals surface area contributed by atoms with Crippen molar-refractivity contribution in [3.63, 3.8) is 0 Å². The normalized spacial score (nSPS) is 12.0. The van der Waals surface area contributed by atoms with E-state index in [1.165, 1.54) is 6.61 Å². The lowest BCUT2D eigenvalue weighted by molar-refractivity contribution is -0.166. The summed E-state index contributed by atoms with van der Waals surface area (Å²) in [6, 6.07) is 0. The number of rotatable bonds is 4. The number of unbranched alkanes of at least 4 members (excludes halogenated alkanes) is 1. The third-order valence-corrected chi connectivity index (χ3v) is 0.771. The van der Waals surface area contributed by atoms with E-state index in [1.54, 1.807) is 0 Å². The lowest BCUT2D eigenvalue weighted by Gasteiger charge is -2.05. The molecule has 0 unspecified atom stereocenters. The second-order valence-corrected chi connectivity index (χ2v) is 1.88. The highest BCUT2D eigenvalue weighted by Gasteiger charge is 2.27. The molecule has 0 saturated heterocycles. The second kappa shape index (κ2) is 4.55. The van der Waals surface area contributed by atoms with E-state index in [0.29, 0.717) is 6.42 Å². The third kappa shape index (κ3) is 7.75. The number of halogens is 3. The molecule has 0 aliphatic rings. The number of alkyl halides is 3. The van der Waals surface area contributed by atoms with Crippen LogP contribution >= 0.6 is 0 Å². The van der Waals surface area contributed by atoms with Crippen LogP contribution in [0.4, 0.5) is 13.2 Å². The van der Waals surface area contributed by atoms with Gasteiger partial charge in [0.2, 0.25) is 0 Å². The minimum absolute atomic E-state index is 0.566. The van der Waals surface area contributed by atoms with Crippen molar-refractivity contribution in [2.24, 2.45) is 0 Å². The van der Waals surface area contributed by atoms with Gasteiger partial charge in [-0.3, -0.25) is 0 Å². The summed E-state index contributed by atoms with van der Waals surface area (Å²) in [5.41, 5.74) is 0. The van der Waals surface area contributed by atoms with Gasteiger partial charge in [-0.05, 0) is 6.42 Å². The molecular formula is C6H10F3O. The summed E-state index contributed by atoms with van der Waals surface area (Å²) in [7, 11) is 0. The second-order valence-electron chi connectivity index (χ2n) is 1.88. The van der Waals surface area contributed by atoms with E-state index in [4.69, 9.17) is 0 Å². The molecule has 0 amide bonds. The minimum Gasteiger partial charge on any atom is -0.366 e. The highest BCUT2D eigenvalue weighted by atomic mass is 19.4. The quantitative estimate of drug-likeness (QED) is 0.567. The molecule has 0 saturated carbocycles. The molecule has 61 valence electrons. The molecule has 1 radical (unpaired) electrons. The molecule has 0 aliphatic carbocycles. The Labute approximate surface area is 58.2 Å². The van der Waals surface area contributed by atoms with Gasteiger partial charge in [0.15, 0.2) is 0 Å². The van der Waals surface area contributed by atoms with Gasteiger partial charge in [-0.1, -0.05) is 13.3 Å². The zero-order chi connectivity index (χ0) is 8.04. The third-order valence-electron chi connectivity index (χ3n) is 0.771. The summed E-state index contributed by atoms with van der Waals surface area (Å²) in [5.74, 6) is 0. The summed E-state index contributed by atoms with van der Waals surface area (Å²) in [6.07, 6.45) is -2.84. The predicted molar refractivity (Wildman–Crippen MR) is 31.2 cm³/mol. The maximum absolute atomic E-state index is 11.3. The Hall–Kier alpha value is -0.250. The van der Waals surface area contributed by atoms with E-state index in [9.17, 15) is 13.2 Å². The Morgan fingerprint density at radius 1 is 1.40 bits per heavy atom. The van der Waals surface area contributed by atoms with Crippen molar-refractivity contribution in [1.82, 2.24) is 0 Å². The van der Waals surface area contributed by atoms with E-state index in [0.717, 1.165) is 6.42 Å². The predicted octanol–water partition coefficient (Wildman–Crippen LogP) is 2.53. The first-order chi connectivity index (χ1) is 4.56. The van der Waals surface area contributed by atoms with Crippen LogP contribution in [0, 0.1) is 6.61 Å². The zero-order valence-electron chi connectivity index (χ0n) is 5.74. The molecule has 0 aromatic carbocycles. The first-order valence-electron chi connectivity index (χ1n) is 3.06. The van der Waals surface area contributed by atoms with Crippen LogP contribution in [0.1, 0.15) is 19.8 Å². The van der Waals surface area contributed by atoms with Gasteiger partial charge in [-0.15, -0.1) is 0 Å². The molecule has 0 N–H and O–H groups in total. The van der Waals surface area contributed by atoms with Crippen molar-refractivity contribution in [2.45, 2.75) is 25.9 Å². The average molecular weight is 155 g/mol. The summed E-state index contributed by atoms with van der Waals surface area (Å²) in [6.45, 7) is 1.88. The van der Waals surface area contributed by atoms with Crippen LogP contribution in [0.3, 0.4) is 0 Å². The Bertz CT molecular complexity index is 79.6. The average Bonchev–Trinajstić information content (AvgIpc) is 1.78.